The second-order valence-electron chi connectivity index (χ2n) is 4.68. The van der Waals surface area contributed by atoms with E-state index < -0.39 is 7.94 Å². The van der Waals surface area contributed by atoms with Crippen LogP contribution >= 0.6 is 7.94 Å². The van der Waals surface area contributed by atoms with Gasteiger partial charge in [-0.2, -0.15) is 0 Å². The molecule has 5 nitrogen and oxygen atoms in total. The number of rotatable bonds is 7. The van der Waals surface area contributed by atoms with Crippen molar-refractivity contribution in [1.29, 1.82) is 0 Å². The van der Waals surface area contributed by atoms with Crippen molar-refractivity contribution in [1.82, 2.24) is 0 Å². The zero-order valence-corrected chi connectivity index (χ0v) is 14.4. The molecule has 0 aliphatic rings. The van der Waals surface area contributed by atoms with Crippen LogP contribution in [0.4, 0.5) is 0 Å². The minimum absolute atomic E-state index is 0.359. The summed E-state index contributed by atoms with van der Waals surface area (Å²) in [5, 5.41) is 0.636. The number of carbonyl (C=O) groups excluding carboxylic acids is 1. The maximum atomic E-state index is 11.2. The first kappa shape index (κ1) is 18.1. The average Bonchev–Trinajstić information content (AvgIpc) is 2.40. The van der Waals surface area contributed by atoms with Crippen LogP contribution in [0.3, 0.4) is 0 Å². The van der Waals surface area contributed by atoms with Crippen LogP contribution < -0.4 is 10.0 Å². The number of benzene rings is 1. The number of hydrogen-bond donors (Lipinski definition) is 1. The molecule has 0 bridgehead atoms. The Hall–Kier alpha value is -1.00. The summed E-state index contributed by atoms with van der Waals surface area (Å²) in [5.41, 5.74) is 1.63. The molecule has 0 spiro atoms. The zero-order chi connectivity index (χ0) is 16.0. The fourth-order valence-electron chi connectivity index (χ4n) is 2.18. The van der Waals surface area contributed by atoms with Gasteiger partial charge in [-0.15, -0.1) is 0 Å². The fraction of sp³-hybridized carbons (Fsp3) is 0.533. The molecule has 1 aromatic carbocycles. The molecule has 0 saturated heterocycles. The Labute approximate surface area is 126 Å². The van der Waals surface area contributed by atoms with Crippen LogP contribution in [0.2, 0.25) is 0 Å². The third-order valence-electron chi connectivity index (χ3n) is 3.02. The number of aryl methyl sites for hydroxylation is 2. The van der Waals surface area contributed by atoms with Crippen molar-refractivity contribution >= 4 is 19.2 Å². The van der Waals surface area contributed by atoms with E-state index in [0.717, 1.165) is 11.1 Å². The van der Waals surface area contributed by atoms with Crippen LogP contribution in [-0.4, -0.2) is 24.1 Å². The summed E-state index contributed by atoms with van der Waals surface area (Å²) in [7, 11) is -3.41. The summed E-state index contributed by atoms with van der Waals surface area (Å²) in [6.45, 7) is 9.55. The van der Waals surface area contributed by atoms with Gasteiger partial charge in [0.2, 0.25) is 0 Å². The molecule has 0 unspecified atom stereocenters. The van der Waals surface area contributed by atoms with E-state index in [0.29, 0.717) is 30.7 Å². The molecule has 1 N–H and O–H groups in total. The normalized spacial score (nSPS) is 12.3. The van der Waals surface area contributed by atoms with Crippen LogP contribution in [0.5, 0.6) is 5.75 Å². The molecule has 1 aromatic rings. The van der Waals surface area contributed by atoms with Crippen LogP contribution in [0.25, 0.3) is 0 Å². The number of ether oxygens (including phenoxy) is 1. The van der Waals surface area contributed by atoms with Crippen LogP contribution in [-0.2, 0) is 20.3 Å². The second kappa shape index (κ2) is 7.85. The number of esters is 1. The van der Waals surface area contributed by atoms with E-state index in [1.807, 2.05) is 33.8 Å². The summed E-state index contributed by atoms with van der Waals surface area (Å²) >= 11 is 0. The molecule has 0 aliphatic heterocycles. The van der Waals surface area contributed by atoms with E-state index >= 15 is 0 Å². The van der Waals surface area contributed by atoms with Gasteiger partial charge in [-0.3, -0.25) is 0 Å². The first-order chi connectivity index (χ1) is 9.87. The maximum absolute atomic E-state index is 11.2. The van der Waals surface area contributed by atoms with Gasteiger partial charge in [0.25, 0.3) is 0 Å². The van der Waals surface area contributed by atoms with Crippen molar-refractivity contribution in [3.8, 4) is 5.75 Å². The average molecular weight is 316 g/mol. The van der Waals surface area contributed by atoms with Crippen molar-refractivity contribution in [3.63, 3.8) is 0 Å². The molecule has 0 amide bonds. The SMILES string of the molecule is CCO[PH](O)(OCC)c1cc(C)c(OC(C)=O)c(CC)c1. The van der Waals surface area contributed by atoms with Crippen molar-refractivity contribution in [3.05, 3.63) is 23.3 Å². The van der Waals surface area contributed by atoms with E-state index in [2.05, 4.69) is 0 Å². The molecule has 1 rings (SSSR count). The number of carbonyl (C=O) groups is 1. The molecule has 0 saturated carbocycles. The second-order valence-corrected chi connectivity index (χ2v) is 6.99. The Morgan fingerprint density at radius 1 is 1.19 bits per heavy atom. The third kappa shape index (κ3) is 4.48. The van der Waals surface area contributed by atoms with Gasteiger partial charge in [0.1, 0.15) is 0 Å². The quantitative estimate of drug-likeness (QED) is 0.476. The van der Waals surface area contributed by atoms with E-state index in [-0.39, 0.29) is 5.97 Å². The Morgan fingerprint density at radius 3 is 2.19 bits per heavy atom. The first-order valence-corrected chi connectivity index (χ1v) is 8.96. The molecule has 0 atom stereocenters. The molecule has 0 radical (unpaired) electrons. The van der Waals surface area contributed by atoms with Crippen LogP contribution in [0, 0.1) is 6.92 Å². The predicted molar refractivity (Wildman–Crippen MR) is 85.3 cm³/mol. The van der Waals surface area contributed by atoms with E-state index in [9.17, 15) is 9.69 Å². The van der Waals surface area contributed by atoms with Crippen LogP contribution in [0.1, 0.15) is 38.8 Å². The Morgan fingerprint density at radius 2 is 1.76 bits per heavy atom. The van der Waals surface area contributed by atoms with Crippen molar-refractivity contribution < 1.29 is 23.5 Å². The third-order valence-corrected chi connectivity index (χ3v) is 5.40. The van der Waals surface area contributed by atoms with Crippen molar-refractivity contribution in [2.75, 3.05) is 13.2 Å². The summed E-state index contributed by atoms with van der Waals surface area (Å²) in [5.74, 6) is 0.195. The van der Waals surface area contributed by atoms with Crippen LogP contribution in [0.15, 0.2) is 12.1 Å². The summed E-state index contributed by atoms with van der Waals surface area (Å²) < 4.78 is 16.3. The Balaban J connectivity index is 3.31. The molecule has 0 heterocycles. The number of hydrogen-bond acceptors (Lipinski definition) is 5. The topological polar surface area (TPSA) is 65.0 Å². The summed E-state index contributed by atoms with van der Waals surface area (Å²) in [6, 6.07) is 3.58. The summed E-state index contributed by atoms with van der Waals surface area (Å²) in [6.07, 6.45) is 0.681. The van der Waals surface area contributed by atoms with E-state index in [1.165, 1.54) is 6.92 Å². The molecule has 21 heavy (non-hydrogen) atoms. The molecule has 120 valence electrons. The van der Waals surface area contributed by atoms with Crippen molar-refractivity contribution in [2.24, 2.45) is 0 Å². The molecule has 0 aliphatic carbocycles. The Kier molecular flexibility index (Phi) is 6.75. The van der Waals surface area contributed by atoms with Crippen molar-refractivity contribution in [2.45, 2.75) is 41.0 Å². The minimum atomic E-state index is -3.41. The first-order valence-electron chi connectivity index (χ1n) is 7.20. The monoisotopic (exact) mass is 316 g/mol. The van der Waals surface area contributed by atoms with Gasteiger partial charge in [-0.1, -0.05) is 0 Å². The predicted octanol–water partition coefficient (Wildman–Crippen LogP) is 2.67. The van der Waals surface area contributed by atoms with Gasteiger partial charge >= 0.3 is 126 Å². The van der Waals surface area contributed by atoms with Gasteiger partial charge in [-0.25, -0.2) is 0 Å². The zero-order valence-electron chi connectivity index (χ0n) is 13.4. The summed E-state index contributed by atoms with van der Waals surface area (Å²) in [4.78, 5) is 21.9. The van der Waals surface area contributed by atoms with Gasteiger partial charge in [0.05, 0.1) is 0 Å². The molecular formula is C15H25O5P. The molecule has 0 aromatic heterocycles. The van der Waals surface area contributed by atoms with Gasteiger partial charge < -0.3 is 0 Å². The van der Waals surface area contributed by atoms with Gasteiger partial charge in [0.15, 0.2) is 0 Å². The van der Waals surface area contributed by atoms with E-state index in [1.54, 1.807) is 6.07 Å². The standard InChI is InChI=1S/C15H25O5P/c1-6-13-10-14(21(17,18-7-2)19-8-3)9-11(4)15(13)20-12(5)16/h9-10,17,21H,6-8H2,1-5H3. The van der Waals surface area contributed by atoms with E-state index in [4.69, 9.17) is 13.8 Å². The fourth-order valence-corrected chi connectivity index (χ4v) is 4.14. The molecule has 0 fully saturated rings. The van der Waals surface area contributed by atoms with Gasteiger partial charge in [-0.05, 0) is 0 Å². The molecular weight excluding hydrogens is 291 g/mol. The van der Waals surface area contributed by atoms with Gasteiger partial charge in [0, 0.05) is 0 Å². The molecule has 6 heteroatoms. The Bertz CT molecular complexity index is 495.